The van der Waals surface area contributed by atoms with E-state index in [2.05, 4.69) is 53.6 Å². The smallest absolute Gasteiger partial charge is 0.229 e. The molecule has 4 rings (SSSR count). The van der Waals surface area contributed by atoms with Crippen molar-refractivity contribution in [2.45, 2.75) is 32.5 Å². The van der Waals surface area contributed by atoms with Gasteiger partial charge in [-0.3, -0.25) is 0 Å². The SMILES string of the molecule is CC1CN(c2ncnc(-c3ccccc3)n2)CC(C)N1c1ncnc(CO)n1. The Morgan fingerprint density at radius 1 is 0.893 bits per heavy atom. The molecule has 28 heavy (non-hydrogen) atoms. The van der Waals surface area contributed by atoms with Gasteiger partial charge in [-0.2, -0.15) is 9.97 Å². The molecule has 2 aromatic heterocycles. The van der Waals surface area contributed by atoms with Gasteiger partial charge in [-0.15, -0.1) is 0 Å². The Morgan fingerprint density at radius 3 is 2.29 bits per heavy atom. The number of aliphatic hydroxyl groups excluding tert-OH is 1. The van der Waals surface area contributed by atoms with Gasteiger partial charge in [0.15, 0.2) is 11.6 Å². The fourth-order valence-corrected chi connectivity index (χ4v) is 3.57. The first-order chi connectivity index (χ1) is 13.7. The molecule has 0 saturated carbocycles. The number of hydrogen-bond donors (Lipinski definition) is 1. The minimum Gasteiger partial charge on any atom is -0.388 e. The zero-order valence-corrected chi connectivity index (χ0v) is 15.8. The minimum atomic E-state index is -0.203. The molecule has 144 valence electrons. The van der Waals surface area contributed by atoms with Crippen LogP contribution in [-0.2, 0) is 6.61 Å². The van der Waals surface area contributed by atoms with E-state index in [-0.39, 0.29) is 18.7 Å². The highest BCUT2D eigenvalue weighted by Gasteiger charge is 2.32. The molecule has 3 aromatic rings. The summed E-state index contributed by atoms with van der Waals surface area (Å²) in [5, 5.41) is 9.30. The summed E-state index contributed by atoms with van der Waals surface area (Å²) in [7, 11) is 0. The van der Waals surface area contributed by atoms with Crippen LogP contribution in [0.4, 0.5) is 11.9 Å². The van der Waals surface area contributed by atoms with Gasteiger partial charge in [-0.05, 0) is 13.8 Å². The van der Waals surface area contributed by atoms with Gasteiger partial charge in [0.25, 0.3) is 0 Å². The second-order valence-electron chi connectivity index (χ2n) is 6.85. The number of anilines is 2. The predicted octanol–water partition coefficient (Wildman–Crippen LogP) is 1.32. The van der Waals surface area contributed by atoms with Crippen molar-refractivity contribution in [2.75, 3.05) is 22.9 Å². The third-order valence-electron chi connectivity index (χ3n) is 4.77. The van der Waals surface area contributed by atoms with Crippen LogP contribution in [0.25, 0.3) is 11.4 Å². The van der Waals surface area contributed by atoms with Gasteiger partial charge < -0.3 is 14.9 Å². The summed E-state index contributed by atoms with van der Waals surface area (Å²) >= 11 is 0. The highest BCUT2D eigenvalue weighted by molar-refractivity contribution is 5.56. The molecule has 3 heterocycles. The van der Waals surface area contributed by atoms with Crippen molar-refractivity contribution >= 4 is 11.9 Å². The Bertz CT molecular complexity index is 926. The van der Waals surface area contributed by atoms with Crippen molar-refractivity contribution in [3.63, 3.8) is 0 Å². The summed E-state index contributed by atoms with van der Waals surface area (Å²) < 4.78 is 0. The number of aromatic nitrogens is 6. The molecule has 1 fully saturated rings. The fourth-order valence-electron chi connectivity index (χ4n) is 3.57. The minimum absolute atomic E-state index is 0.134. The number of nitrogens with zero attached hydrogens (tertiary/aromatic N) is 8. The standard InChI is InChI=1S/C19H22N8O/c1-13-8-26(9-14(2)27(13)19-23-11-20-16(10-28)24-19)18-22-12-21-17(25-18)15-6-4-3-5-7-15/h3-7,11-14,28H,8-10H2,1-2H3. The quantitative estimate of drug-likeness (QED) is 0.719. The number of benzene rings is 1. The molecule has 0 bridgehead atoms. The van der Waals surface area contributed by atoms with Gasteiger partial charge in [0.2, 0.25) is 11.9 Å². The molecule has 0 aliphatic carbocycles. The lowest BCUT2D eigenvalue weighted by Gasteiger charge is -2.44. The Hall–Kier alpha value is -3.20. The third kappa shape index (κ3) is 3.61. The van der Waals surface area contributed by atoms with Gasteiger partial charge in [0.1, 0.15) is 19.3 Å². The van der Waals surface area contributed by atoms with Crippen molar-refractivity contribution < 1.29 is 5.11 Å². The highest BCUT2D eigenvalue weighted by Crippen LogP contribution is 2.24. The van der Waals surface area contributed by atoms with E-state index >= 15 is 0 Å². The van der Waals surface area contributed by atoms with Gasteiger partial charge in [0, 0.05) is 30.7 Å². The zero-order valence-electron chi connectivity index (χ0n) is 15.8. The zero-order chi connectivity index (χ0) is 19.5. The molecular formula is C19H22N8O. The van der Waals surface area contributed by atoms with E-state index in [1.807, 2.05) is 30.3 Å². The first-order valence-electron chi connectivity index (χ1n) is 9.22. The summed E-state index contributed by atoms with van der Waals surface area (Å²) in [6, 6.07) is 10.2. The van der Waals surface area contributed by atoms with Crippen LogP contribution in [0.15, 0.2) is 43.0 Å². The van der Waals surface area contributed by atoms with E-state index in [4.69, 9.17) is 0 Å². The molecule has 2 unspecified atom stereocenters. The van der Waals surface area contributed by atoms with Crippen molar-refractivity contribution in [1.82, 2.24) is 29.9 Å². The number of hydrogen-bond acceptors (Lipinski definition) is 9. The second-order valence-corrected chi connectivity index (χ2v) is 6.85. The van der Waals surface area contributed by atoms with E-state index in [9.17, 15) is 5.11 Å². The average molecular weight is 378 g/mol. The van der Waals surface area contributed by atoms with Crippen LogP contribution in [0.2, 0.25) is 0 Å². The molecule has 1 aromatic carbocycles. The molecule has 9 heteroatoms. The maximum Gasteiger partial charge on any atom is 0.229 e. The molecule has 0 amide bonds. The molecule has 0 radical (unpaired) electrons. The number of aliphatic hydroxyl groups is 1. The largest absolute Gasteiger partial charge is 0.388 e. The van der Waals surface area contributed by atoms with Gasteiger partial charge in [0.05, 0.1) is 0 Å². The second kappa shape index (κ2) is 7.81. The maximum absolute atomic E-state index is 9.30. The summed E-state index contributed by atoms with van der Waals surface area (Å²) in [6.45, 7) is 5.48. The molecule has 2 atom stereocenters. The van der Waals surface area contributed by atoms with E-state index in [1.165, 1.54) is 6.33 Å². The summed E-state index contributed by atoms with van der Waals surface area (Å²) in [5.41, 5.74) is 0.965. The monoisotopic (exact) mass is 378 g/mol. The summed E-state index contributed by atoms with van der Waals surface area (Å²) in [4.78, 5) is 30.3. The van der Waals surface area contributed by atoms with Crippen LogP contribution < -0.4 is 9.80 Å². The summed E-state index contributed by atoms with van der Waals surface area (Å²) in [5.74, 6) is 2.29. The molecular weight excluding hydrogens is 356 g/mol. The lowest BCUT2D eigenvalue weighted by molar-refractivity contribution is 0.270. The lowest BCUT2D eigenvalue weighted by atomic mass is 10.1. The normalized spacial score (nSPS) is 19.7. The Kier molecular flexibility index (Phi) is 5.07. The third-order valence-corrected chi connectivity index (χ3v) is 4.77. The van der Waals surface area contributed by atoms with Crippen LogP contribution in [0, 0.1) is 0 Å². The average Bonchev–Trinajstić information content (AvgIpc) is 2.74. The van der Waals surface area contributed by atoms with E-state index in [1.54, 1.807) is 6.33 Å². The molecule has 1 aliphatic rings. The van der Waals surface area contributed by atoms with Crippen molar-refractivity contribution in [3.05, 3.63) is 48.8 Å². The van der Waals surface area contributed by atoms with E-state index in [0.717, 1.165) is 18.7 Å². The van der Waals surface area contributed by atoms with Crippen LogP contribution in [0.3, 0.4) is 0 Å². The Labute approximate surface area is 163 Å². The fraction of sp³-hybridized carbons (Fsp3) is 0.368. The van der Waals surface area contributed by atoms with Crippen LogP contribution >= 0.6 is 0 Å². The Balaban J connectivity index is 1.56. The first-order valence-corrected chi connectivity index (χ1v) is 9.22. The van der Waals surface area contributed by atoms with Crippen molar-refractivity contribution in [3.8, 4) is 11.4 Å². The van der Waals surface area contributed by atoms with Crippen LogP contribution in [0.1, 0.15) is 19.7 Å². The molecule has 1 aliphatic heterocycles. The first kappa shape index (κ1) is 18.2. The Morgan fingerprint density at radius 2 is 1.57 bits per heavy atom. The predicted molar refractivity (Wildman–Crippen MR) is 105 cm³/mol. The molecule has 9 nitrogen and oxygen atoms in total. The van der Waals surface area contributed by atoms with Crippen LogP contribution in [-0.4, -0.2) is 60.2 Å². The molecule has 1 saturated heterocycles. The lowest BCUT2D eigenvalue weighted by Crippen LogP contribution is -2.58. The van der Waals surface area contributed by atoms with Crippen molar-refractivity contribution in [1.29, 1.82) is 0 Å². The maximum atomic E-state index is 9.30. The van der Waals surface area contributed by atoms with Gasteiger partial charge in [-0.25, -0.2) is 19.9 Å². The topological polar surface area (TPSA) is 104 Å². The van der Waals surface area contributed by atoms with E-state index < -0.39 is 0 Å². The van der Waals surface area contributed by atoms with Gasteiger partial charge in [-0.1, -0.05) is 30.3 Å². The van der Waals surface area contributed by atoms with Crippen molar-refractivity contribution in [2.24, 2.45) is 0 Å². The highest BCUT2D eigenvalue weighted by atomic mass is 16.3. The number of piperazine rings is 1. The van der Waals surface area contributed by atoms with Gasteiger partial charge >= 0.3 is 0 Å². The molecule has 0 spiro atoms. The van der Waals surface area contributed by atoms with Crippen LogP contribution in [0.5, 0.6) is 0 Å². The van der Waals surface area contributed by atoms with E-state index in [0.29, 0.717) is 23.5 Å². The summed E-state index contributed by atoms with van der Waals surface area (Å²) in [6.07, 6.45) is 3.00. The number of rotatable bonds is 4. The molecule has 1 N–H and O–H groups in total.